The van der Waals surface area contributed by atoms with Crippen molar-refractivity contribution in [3.05, 3.63) is 90.3 Å². The van der Waals surface area contributed by atoms with Gasteiger partial charge in [-0.1, -0.05) is 49.7 Å². The van der Waals surface area contributed by atoms with Gasteiger partial charge in [-0.05, 0) is 48.9 Å². The van der Waals surface area contributed by atoms with Crippen LogP contribution in [0, 0.1) is 0 Å². The Kier molecular flexibility index (Phi) is 6.32. The molecule has 0 saturated carbocycles. The molecule has 0 fully saturated rings. The number of unbranched alkanes of at least 4 members (excludes halogenated alkanes) is 1. The summed E-state index contributed by atoms with van der Waals surface area (Å²) in [4.78, 5) is 20.2. The summed E-state index contributed by atoms with van der Waals surface area (Å²) in [5, 5.41) is 0. The van der Waals surface area contributed by atoms with Gasteiger partial charge in [0.15, 0.2) is 0 Å². The predicted molar refractivity (Wildman–Crippen MR) is 124 cm³/mol. The van der Waals surface area contributed by atoms with E-state index in [9.17, 15) is 4.79 Å². The molecule has 1 heterocycles. The van der Waals surface area contributed by atoms with Crippen molar-refractivity contribution in [2.24, 2.45) is 0 Å². The molecule has 0 saturated heterocycles. The Morgan fingerprint density at radius 2 is 1.77 bits per heavy atom. The van der Waals surface area contributed by atoms with E-state index >= 15 is 0 Å². The van der Waals surface area contributed by atoms with Crippen molar-refractivity contribution < 1.29 is 9.53 Å². The molecule has 4 rings (SSSR count). The topological polar surface area (TPSA) is 47.4 Å². The Labute approximate surface area is 182 Å². The van der Waals surface area contributed by atoms with Crippen LogP contribution in [0.3, 0.4) is 0 Å². The van der Waals surface area contributed by atoms with Crippen molar-refractivity contribution in [3.8, 4) is 11.4 Å². The van der Waals surface area contributed by atoms with Gasteiger partial charge >= 0.3 is 0 Å². The molecule has 0 aliphatic rings. The minimum atomic E-state index is -0.0148. The number of fused-ring (bicyclic) bond motifs is 1. The number of carbonyl (C=O) groups excluding carboxylic acids is 1. The van der Waals surface area contributed by atoms with Gasteiger partial charge in [-0.15, -0.1) is 0 Å². The van der Waals surface area contributed by atoms with E-state index < -0.39 is 0 Å². The molecule has 0 spiro atoms. The van der Waals surface area contributed by atoms with Gasteiger partial charge in [0.05, 0.1) is 24.7 Å². The summed E-state index contributed by atoms with van der Waals surface area (Å²) >= 11 is 0. The molecule has 3 aromatic carbocycles. The summed E-state index contributed by atoms with van der Waals surface area (Å²) in [6, 6.07) is 25.6. The molecule has 0 N–H and O–H groups in total. The molecular weight excluding hydrogens is 386 g/mol. The molecule has 0 aliphatic heterocycles. The van der Waals surface area contributed by atoms with Crippen LogP contribution in [0.5, 0.6) is 5.75 Å². The van der Waals surface area contributed by atoms with E-state index in [4.69, 9.17) is 9.72 Å². The van der Waals surface area contributed by atoms with E-state index in [1.807, 2.05) is 59.5 Å². The van der Waals surface area contributed by atoms with E-state index in [-0.39, 0.29) is 5.91 Å². The summed E-state index contributed by atoms with van der Waals surface area (Å²) in [5.41, 5.74) is 3.62. The number of benzene rings is 3. The van der Waals surface area contributed by atoms with Gasteiger partial charge in [0.25, 0.3) is 5.91 Å². The Balaban J connectivity index is 1.74. The minimum absolute atomic E-state index is 0.0148. The lowest BCUT2D eigenvalue weighted by Gasteiger charge is -2.23. The average Bonchev–Trinajstić information content (AvgIpc) is 3.19. The fourth-order valence-electron chi connectivity index (χ4n) is 3.76. The molecule has 1 amide bonds. The molecule has 0 aliphatic carbocycles. The molecule has 0 bridgehead atoms. The first-order valence-electron chi connectivity index (χ1n) is 10.7. The normalized spacial score (nSPS) is 10.9. The summed E-state index contributed by atoms with van der Waals surface area (Å²) in [7, 11) is 1.61. The lowest BCUT2D eigenvalue weighted by molar-refractivity contribution is 0.0735. The number of rotatable bonds is 8. The van der Waals surface area contributed by atoms with E-state index in [2.05, 4.69) is 29.7 Å². The van der Waals surface area contributed by atoms with E-state index in [1.165, 1.54) is 0 Å². The van der Waals surface area contributed by atoms with Crippen molar-refractivity contribution in [2.75, 3.05) is 13.7 Å². The highest BCUT2D eigenvalue weighted by atomic mass is 16.5. The molecular formula is C26H27N3O2. The molecule has 5 heteroatoms. The number of para-hydroxylation sites is 3. The van der Waals surface area contributed by atoms with Crippen LogP contribution in [0.1, 0.15) is 35.9 Å². The molecule has 5 nitrogen and oxygen atoms in total. The number of aromatic nitrogens is 2. The summed E-state index contributed by atoms with van der Waals surface area (Å²) in [6.45, 7) is 3.23. The number of nitrogens with zero attached hydrogens (tertiary/aromatic N) is 3. The first-order chi connectivity index (χ1) is 15.2. The summed E-state index contributed by atoms with van der Waals surface area (Å²) in [6.07, 6.45) is 1.94. The number of methoxy groups -OCH3 is 1. The maximum absolute atomic E-state index is 13.4. The van der Waals surface area contributed by atoms with Gasteiger partial charge in [-0.2, -0.15) is 0 Å². The predicted octanol–water partition coefficient (Wildman–Crippen LogP) is 5.48. The van der Waals surface area contributed by atoms with Crippen molar-refractivity contribution >= 4 is 16.9 Å². The third-order valence-electron chi connectivity index (χ3n) is 5.36. The third kappa shape index (κ3) is 4.45. The van der Waals surface area contributed by atoms with Gasteiger partial charge in [-0.3, -0.25) is 9.36 Å². The van der Waals surface area contributed by atoms with Crippen molar-refractivity contribution in [2.45, 2.75) is 26.3 Å². The molecule has 0 atom stereocenters. The Bertz CT molecular complexity index is 1170. The molecule has 0 radical (unpaired) electrons. The first kappa shape index (κ1) is 20.7. The zero-order chi connectivity index (χ0) is 21.6. The smallest absolute Gasteiger partial charge is 0.254 e. The van der Waals surface area contributed by atoms with Crippen LogP contribution >= 0.6 is 0 Å². The molecule has 1 aromatic heterocycles. The fraction of sp³-hybridized carbons (Fsp3) is 0.231. The summed E-state index contributed by atoms with van der Waals surface area (Å²) < 4.78 is 7.46. The molecule has 158 valence electrons. The standard InChI is InChI=1S/C26H27N3O2/c1-3-4-17-28(26(30)20-11-10-14-22(18-20)31-2)19-25-27-23-15-8-9-16-24(23)29(25)21-12-6-5-7-13-21/h5-16,18H,3-4,17,19H2,1-2H3. The second-order valence-corrected chi connectivity index (χ2v) is 7.50. The van der Waals surface area contributed by atoms with Gasteiger partial charge in [0.1, 0.15) is 11.6 Å². The highest BCUT2D eigenvalue weighted by Crippen LogP contribution is 2.23. The Morgan fingerprint density at radius 3 is 2.55 bits per heavy atom. The lowest BCUT2D eigenvalue weighted by atomic mass is 10.1. The van der Waals surface area contributed by atoms with Crippen LogP contribution in [-0.2, 0) is 6.54 Å². The number of imidazole rings is 1. The molecule has 31 heavy (non-hydrogen) atoms. The summed E-state index contributed by atoms with van der Waals surface area (Å²) in [5.74, 6) is 1.51. The van der Waals surface area contributed by atoms with Gasteiger partial charge in [0, 0.05) is 17.8 Å². The number of hydrogen-bond acceptors (Lipinski definition) is 3. The number of ether oxygens (including phenoxy) is 1. The lowest BCUT2D eigenvalue weighted by Crippen LogP contribution is -2.32. The number of amides is 1. The van der Waals surface area contributed by atoms with Crippen LogP contribution in [-0.4, -0.2) is 34.0 Å². The highest BCUT2D eigenvalue weighted by molar-refractivity contribution is 5.94. The highest BCUT2D eigenvalue weighted by Gasteiger charge is 2.20. The number of carbonyl (C=O) groups is 1. The first-order valence-corrected chi connectivity index (χ1v) is 10.7. The van der Waals surface area contributed by atoms with E-state index in [1.54, 1.807) is 13.2 Å². The van der Waals surface area contributed by atoms with Gasteiger partial charge < -0.3 is 9.64 Å². The third-order valence-corrected chi connectivity index (χ3v) is 5.36. The van der Waals surface area contributed by atoms with Crippen molar-refractivity contribution in [1.82, 2.24) is 14.5 Å². The maximum Gasteiger partial charge on any atom is 0.254 e. The van der Waals surface area contributed by atoms with Crippen LogP contribution in [0.15, 0.2) is 78.9 Å². The fourth-order valence-corrected chi connectivity index (χ4v) is 3.76. The van der Waals surface area contributed by atoms with Crippen LogP contribution < -0.4 is 4.74 Å². The van der Waals surface area contributed by atoms with Gasteiger partial charge in [0.2, 0.25) is 0 Å². The second-order valence-electron chi connectivity index (χ2n) is 7.50. The van der Waals surface area contributed by atoms with Crippen LogP contribution in [0.25, 0.3) is 16.7 Å². The largest absolute Gasteiger partial charge is 0.497 e. The van der Waals surface area contributed by atoms with E-state index in [0.717, 1.165) is 35.4 Å². The van der Waals surface area contributed by atoms with Crippen LogP contribution in [0.2, 0.25) is 0 Å². The number of hydrogen-bond donors (Lipinski definition) is 0. The zero-order valence-electron chi connectivity index (χ0n) is 18.0. The monoisotopic (exact) mass is 413 g/mol. The molecule has 4 aromatic rings. The zero-order valence-corrected chi connectivity index (χ0v) is 18.0. The van der Waals surface area contributed by atoms with E-state index in [0.29, 0.717) is 24.4 Å². The molecule has 0 unspecified atom stereocenters. The van der Waals surface area contributed by atoms with Crippen LogP contribution in [0.4, 0.5) is 0 Å². The van der Waals surface area contributed by atoms with Gasteiger partial charge in [-0.25, -0.2) is 4.98 Å². The quantitative estimate of drug-likeness (QED) is 0.384. The average molecular weight is 414 g/mol. The SMILES string of the molecule is CCCCN(Cc1nc2ccccc2n1-c1ccccc1)C(=O)c1cccc(OC)c1. The Hall–Kier alpha value is -3.60. The maximum atomic E-state index is 13.4. The van der Waals surface area contributed by atoms with Crippen molar-refractivity contribution in [3.63, 3.8) is 0 Å². The minimum Gasteiger partial charge on any atom is -0.497 e. The van der Waals surface area contributed by atoms with Crippen molar-refractivity contribution in [1.29, 1.82) is 0 Å². The second kappa shape index (κ2) is 9.47. The Morgan fingerprint density at radius 1 is 1.00 bits per heavy atom.